The molecule has 90 valence electrons. The first-order valence-electron chi connectivity index (χ1n) is 6.06. The first-order chi connectivity index (χ1) is 7.77. The van der Waals surface area contributed by atoms with Gasteiger partial charge in [0.2, 0.25) is 0 Å². The van der Waals surface area contributed by atoms with Gasteiger partial charge in [-0.25, -0.2) is 0 Å². The van der Waals surface area contributed by atoms with Crippen LogP contribution in [0.3, 0.4) is 0 Å². The average Bonchev–Trinajstić information content (AvgIpc) is 2.31. The molecule has 1 unspecified atom stereocenters. The van der Waals surface area contributed by atoms with Crippen LogP contribution in [0.15, 0.2) is 22.8 Å². The molecule has 3 heteroatoms. The number of aromatic nitrogens is 1. The molecule has 0 aliphatic carbocycles. The van der Waals surface area contributed by atoms with Gasteiger partial charge in [-0.2, -0.15) is 0 Å². The van der Waals surface area contributed by atoms with E-state index in [1.807, 2.05) is 13.2 Å². The standard InChI is InChI=1S/C13H21BrN2/c1-3-4-5-6-7-12(15-2)13-9-8-11(14)10-16-13/h8-10,12,15H,3-7H2,1-2H3. The summed E-state index contributed by atoms with van der Waals surface area (Å²) >= 11 is 3.41. The minimum absolute atomic E-state index is 0.393. The Morgan fingerprint density at radius 1 is 1.31 bits per heavy atom. The van der Waals surface area contributed by atoms with Crippen LogP contribution in [0.5, 0.6) is 0 Å². The molecule has 0 saturated heterocycles. The van der Waals surface area contributed by atoms with E-state index in [9.17, 15) is 0 Å². The van der Waals surface area contributed by atoms with E-state index in [1.54, 1.807) is 0 Å². The van der Waals surface area contributed by atoms with Crippen molar-refractivity contribution in [2.24, 2.45) is 0 Å². The van der Waals surface area contributed by atoms with Crippen LogP contribution < -0.4 is 5.32 Å². The summed E-state index contributed by atoms with van der Waals surface area (Å²) in [7, 11) is 2.01. The summed E-state index contributed by atoms with van der Waals surface area (Å²) in [5, 5.41) is 3.34. The second-order valence-electron chi connectivity index (χ2n) is 4.09. The molecular weight excluding hydrogens is 264 g/mol. The third kappa shape index (κ3) is 4.62. The van der Waals surface area contributed by atoms with Crippen LogP contribution >= 0.6 is 15.9 Å². The van der Waals surface area contributed by atoms with Crippen LogP contribution in [0, 0.1) is 0 Å². The fourth-order valence-corrected chi connectivity index (χ4v) is 2.04. The summed E-state index contributed by atoms with van der Waals surface area (Å²) in [4.78, 5) is 4.44. The highest BCUT2D eigenvalue weighted by Crippen LogP contribution is 2.19. The lowest BCUT2D eigenvalue weighted by atomic mass is 10.0. The molecule has 0 radical (unpaired) electrons. The van der Waals surface area contributed by atoms with E-state index < -0.39 is 0 Å². The Morgan fingerprint density at radius 3 is 2.69 bits per heavy atom. The lowest BCUT2D eigenvalue weighted by molar-refractivity contribution is 0.495. The minimum Gasteiger partial charge on any atom is -0.312 e. The first-order valence-corrected chi connectivity index (χ1v) is 6.86. The molecule has 2 nitrogen and oxygen atoms in total. The Hall–Kier alpha value is -0.410. The van der Waals surface area contributed by atoms with E-state index >= 15 is 0 Å². The number of nitrogens with zero attached hydrogens (tertiary/aromatic N) is 1. The van der Waals surface area contributed by atoms with E-state index in [2.05, 4.69) is 45.3 Å². The second kappa shape index (κ2) is 7.80. The highest BCUT2D eigenvalue weighted by atomic mass is 79.9. The Balaban J connectivity index is 2.44. The lowest BCUT2D eigenvalue weighted by Crippen LogP contribution is -2.17. The van der Waals surface area contributed by atoms with Gasteiger partial charge in [0.25, 0.3) is 0 Å². The molecule has 1 atom stereocenters. The van der Waals surface area contributed by atoms with Gasteiger partial charge in [0.1, 0.15) is 0 Å². The summed E-state index contributed by atoms with van der Waals surface area (Å²) in [6.07, 6.45) is 8.27. The van der Waals surface area contributed by atoms with Gasteiger partial charge in [-0.3, -0.25) is 4.98 Å². The quantitative estimate of drug-likeness (QED) is 0.764. The molecule has 0 saturated carbocycles. The van der Waals surface area contributed by atoms with Crippen molar-refractivity contribution >= 4 is 15.9 Å². The number of hydrogen-bond donors (Lipinski definition) is 1. The SMILES string of the molecule is CCCCCCC(NC)c1ccc(Br)cn1. The van der Waals surface area contributed by atoms with Crippen molar-refractivity contribution in [3.63, 3.8) is 0 Å². The van der Waals surface area contributed by atoms with E-state index in [0.29, 0.717) is 6.04 Å². The fourth-order valence-electron chi connectivity index (χ4n) is 1.81. The largest absolute Gasteiger partial charge is 0.312 e. The van der Waals surface area contributed by atoms with E-state index in [1.165, 1.54) is 32.1 Å². The van der Waals surface area contributed by atoms with Crippen molar-refractivity contribution in [2.75, 3.05) is 7.05 Å². The molecule has 1 rings (SSSR count). The lowest BCUT2D eigenvalue weighted by Gasteiger charge is -2.15. The molecule has 1 heterocycles. The van der Waals surface area contributed by atoms with Gasteiger partial charge in [-0.05, 0) is 41.5 Å². The van der Waals surface area contributed by atoms with Crippen LogP contribution in [-0.2, 0) is 0 Å². The van der Waals surface area contributed by atoms with Gasteiger partial charge in [0, 0.05) is 16.7 Å². The molecule has 1 N–H and O–H groups in total. The molecule has 0 spiro atoms. The van der Waals surface area contributed by atoms with Gasteiger partial charge in [-0.15, -0.1) is 0 Å². The Morgan fingerprint density at radius 2 is 2.12 bits per heavy atom. The summed E-state index contributed by atoms with van der Waals surface area (Å²) in [6, 6.07) is 4.54. The molecule has 0 fully saturated rings. The van der Waals surface area contributed by atoms with Crippen LogP contribution in [-0.4, -0.2) is 12.0 Å². The zero-order valence-electron chi connectivity index (χ0n) is 10.2. The maximum absolute atomic E-state index is 4.44. The summed E-state index contributed by atoms with van der Waals surface area (Å²) < 4.78 is 1.04. The normalized spacial score (nSPS) is 12.7. The predicted octanol–water partition coefficient (Wildman–Crippen LogP) is 4.08. The third-order valence-corrected chi connectivity index (χ3v) is 3.27. The molecule has 16 heavy (non-hydrogen) atoms. The Kier molecular flexibility index (Phi) is 6.65. The maximum Gasteiger partial charge on any atom is 0.0573 e. The molecule has 0 bridgehead atoms. The topological polar surface area (TPSA) is 24.9 Å². The summed E-state index contributed by atoms with van der Waals surface area (Å²) in [6.45, 7) is 2.24. The van der Waals surface area contributed by atoms with E-state index in [-0.39, 0.29) is 0 Å². The van der Waals surface area contributed by atoms with Gasteiger partial charge in [0.05, 0.1) is 5.69 Å². The molecule has 1 aromatic rings. The van der Waals surface area contributed by atoms with Crippen molar-refractivity contribution in [3.05, 3.63) is 28.5 Å². The smallest absolute Gasteiger partial charge is 0.0573 e. The number of rotatable bonds is 7. The Labute approximate surface area is 107 Å². The number of unbranched alkanes of at least 4 members (excludes halogenated alkanes) is 3. The molecule has 1 aromatic heterocycles. The summed E-state index contributed by atoms with van der Waals surface area (Å²) in [5.41, 5.74) is 1.14. The minimum atomic E-state index is 0.393. The van der Waals surface area contributed by atoms with Crippen LogP contribution in [0.4, 0.5) is 0 Å². The molecule has 0 aromatic carbocycles. The highest BCUT2D eigenvalue weighted by molar-refractivity contribution is 9.10. The number of pyridine rings is 1. The second-order valence-corrected chi connectivity index (χ2v) is 5.01. The van der Waals surface area contributed by atoms with Crippen LogP contribution in [0.25, 0.3) is 0 Å². The van der Waals surface area contributed by atoms with Gasteiger partial charge in [0.15, 0.2) is 0 Å². The zero-order chi connectivity index (χ0) is 11.8. The number of nitrogens with one attached hydrogen (secondary N) is 1. The van der Waals surface area contributed by atoms with Crippen LogP contribution in [0.2, 0.25) is 0 Å². The van der Waals surface area contributed by atoms with Gasteiger partial charge in [-0.1, -0.05) is 32.6 Å². The third-order valence-electron chi connectivity index (χ3n) is 2.80. The average molecular weight is 285 g/mol. The van der Waals surface area contributed by atoms with Crippen molar-refractivity contribution in [1.82, 2.24) is 10.3 Å². The monoisotopic (exact) mass is 284 g/mol. The van der Waals surface area contributed by atoms with Crippen molar-refractivity contribution < 1.29 is 0 Å². The Bertz CT molecular complexity index is 284. The van der Waals surface area contributed by atoms with E-state index in [0.717, 1.165) is 10.2 Å². The highest BCUT2D eigenvalue weighted by Gasteiger charge is 2.09. The molecule has 0 amide bonds. The van der Waals surface area contributed by atoms with Gasteiger partial charge >= 0.3 is 0 Å². The summed E-state index contributed by atoms with van der Waals surface area (Å²) in [5.74, 6) is 0. The molecule has 0 aliphatic heterocycles. The van der Waals surface area contributed by atoms with E-state index in [4.69, 9.17) is 0 Å². The van der Waals surface area contributed by atoms with Crippen molar-refractivity contribution in [3.8, 4) is 0 Å². The van der Waals surface area contributed by atoms with Crippen LogP contribution in [0.1, 0.15) is 50.8 Å². The van der Waals surface area contributed by atoms with Gasteiger partial charge < -0.3 is 5.32 Å². The van der Waals surface area contributed by atoms with Crippen molar-refractivity contribution in [1.29, 1.82) is 0 Å². The molecule has 0 aliphatic rings. The molecular formula is C13H21BrN2. The fraction of sp³-hybridized carbons (Fsp3) is 0.615. The maximum atomic E-state index is 4.44. The zero-order valence-corrected chi connectivity index (χ0v) is 11.8. The van der Waals surface area contributed by atoms with Crippen molar-refractivity contribution in [2.45, 2.75) is 45.1 Å². The number of halogens is 1. The first kappa shape index (κ1) is 13.7. The number of hydrogen-bond acceptors (Lipinski definition) is 2. The predicted molar refractivity (Wildman–Crippen MR) is 72.5 cm³/mol.